The summed E-state index contributed by atoms with van der Waals surface area (Å²) in [7, 11) is 0. The Morgan fingerprint density at radius 2 is 1.90 bits per heavy atom. The van der Waals surface area contributed by atoms with Crippen LogP contribution in [0.15, 0.2) is 24.3 Å². The highest BCUT2D eigenvalue weighted by molar-refractivity contribution is 5.38. The molecule has 2 heteroatoms. The van der Waals surface area contributed by atoms with E-state index in [1.807, 2.05) is 24.3 Å². The Hall–Kier alpha value is -1.02. The molecule has 0 unspecified atom stereocenters. The zero-order valence-electron chi connectivity index (χ0n) is 13.6. The molecule has 1 atom stereocenters. The molecule has 0 radical (unpaired) electrons. The lowest BCUT2D eigenvalue weighted by Gasteiger charge is -2.47. The van der Waals surface area contributed by atoms with E-state index in [1.165, 1.54) is 19.3 Å². The van der Waals surface area contributed by atoms with Crippen LogP contribution in [-0.4, -0.2) is 10.7 Å². The molecule has 1 aliphatic heterocycles. The number of hydrogen-bond donors (Lipinski definition) is 1. The summed E-state index contributed by atoms with van der Waals surface area (Å²) in [6.45, 7) is 7.07. The maximum atomic E-state index is 10.5. The van der Waals surface area contributed by atoms with Gasteiger partial charge >= 0.3 is 0 Å². The van der Waals surface area contributed by atoms with E-state index in [-0.39, 0.29) is 11.7 Å². The van der Waals surface area contributed by atoms with Gasteiger partial charge in [0.25, 0.3) is 0 Å². The Kier molecular flexibility index (Phi) is 3.77. The summed E-state index contributed by atoms with van der Waals surface area (Å²) in [5.74, 6) is 1.68. The fraction of sp³-hybridized carbons (Fsp3) is 0.684. The van der Waals surface area contributed by atoms with Crippen molar-refractivity contribution in [1.82, 2.24) is 0 Å². The van der Waals surface area contributed by atoms with E-state index >= 15 is 0 Å². The van der Waals surface area contributed by atoms with Gasteiger partial charge in [-0.2, -0.15) is 0 Å². The highest BCUT2D eigenvalue weighted by Gasteiger charge is 2.45. The highest BCUT2D eigenvalue weighted by atomic mass is 16.5. The molecule has 116 valence electrons. The smallest absolute Gasteiger partial charge is 0.125 e. The molecule has 0 bridgehead atoms. The van der Waals surface area contributed by atoms with Gasteiger partial charge < -0.3 is 9.84 Å². The number of ether oxygens (including phenoxy) is 1. The standard InChI is InChI=1S/C19H28O2/c1-4-18(2,3)14-9-11-19(12-10-14)13-16(20)15-7-5-6-8-17(15)21-19/h5-8,14,16,20H,4,9-13H2,1-3H3/t14?,16-,19?/m1/s1. The molecular weight excluding hydrogens is 260 g/mol. The maximum absolute atomic E-state index is 10.5. The van der Waals surface area contributed by atoms with E-state index < -0.39 is 0 Å². The van der Waals surface area contributed by atoms with E-state index in [4.69, 9.17) is 4.74 Å². The van der Waals surface area contributed by atoms with Crippen molar-refractivity contribution < 1.29 is 9.84 Å². The van der Waals surface area contributed by atoms with Gasteiger partial charge in [0.2, 0.25) is 0 Å². The molecule has 0 saturated heterocycles. The van der Waals surface area contributed by atoms with Crippen LogP contribution in [0, 0.1) is 11.3 Å². The van der Waals surface area contributed by atoms with E-state index in [0.717, 1.165) is 36.5 Å². The van der Waals surface area contributed by atoms with Gasteiger partial charge in [0.1, 0.15) is 11.4 Å². The normalized spacial score (nSPS) is 32.6. The van der Waals surface area contributed by atoms with E-state index in [1.54, 1.807) is 0 Å². The van der Waals surface area contributed by atoms with Crippen molar-refractivity contribution in [2.75, 3.05) is 0 Å². The molecular formula is C19H28O2. The van der Waals surface area contributed by atoms with Crippen molar-refractivity contribution >= 4 is 0 Å². The Morgan fingerprint density at radius 1 is 1.24 bits per heavy atom. The van der Waals surface area contributed by atoms with Gasteiger partial charge in [-0.3, -0.25) is 0 Å². The summed E-state index contributed by atoms with van der Waals surface area (Å²) in [4.78, 5) is 0. The van der Waals surface area contributed by atoms with Crippen LogP contribution in [0.1, 0.15) is 71.0 Å². The summed E-state index contributed by atoms with van der Waals surface area (Å²) < 4.78 is 6.37. The van der Waals surface area contributed by atoms with Crippen LogP contribution in [0.3, 0.4) is 0 Å². The average molecular weight is 288 g/mol. The summed E-state index contributed by atoms with van der Waals surface area (Å²) >= 11 is 0. The molecule has 1 spiro atoms. The Labute approximate surface area is 128 Å². The third-order valence-corrected chi connectivity index (χ3v) is 6.08. The zero-order chi connectivity index (χ0) is 15.1. The molecule has 1 N–H and O–H groups in total. The fourth-order valence-corrected chi connectivity index (χ4v) is 4.11. The molecule has 0 aromatic heterocycles. The first-order valence-electron chi connectivity index (χ1n) is 8.42. The lowest BCUT2D eigenvalue weighted by Crippen LogP contribution is -2.45. The van der Waals surface area contributed by atoms with Crippen molar-refractivity contribution in [3.05, 3.63) is 29.8 Å². The van der Waals surface area contributed by atoms with Crippen LogP contribution < -0.4 is 4.74 Å². The lowest BCUT2D eigenvalue weighted by atomic mass is 9.65. The molecule has 0 amide bonds. The molecule has 2 nitrogen and oxygen atoms in total. The third kappa shape index (κ3) is 2.70. The second kappa shape index (κ2) is 5.31. The number of benzene rings is 1. The lowest BCUT2D eigenvalue weighted by molar-refractivity contribution is -0.0582. The molecule has 21 heavy (non-hydrogen) atoms. The van der Waals surface area contributed by atoms with Crippen LogP contribution in [0.4, 0.5) is 0 Å². The van der Waals surface area contributed by atoms with Crippen LogP contribution in [0.5, 0.6) is 5.75 Å². The van der Waals surface area contributed by atoms with Gasteiger partial charge in [-0.1, -0.05) is 45.4 Å². The molecule has 1 saturated carbocycles. The van der Waals surface area contributed by atoms with Crippen LogP contribution >= 0.6 is 0 Å². The van der Waals surface area contributed by atoms with Gasteiger partial charge in [-0.25, -0.2) is 0 Å². The first-order chi connectivity index (χ1) is 9.96. The van der Waals surface area contributed by atoms with Crippen molar-refractivity contribution in [3.8, 4) is 5.75 Å². The van der Waals surface area contributed by atoms with Gasteiger partial charge in [-0.05, 0) is 43.1 Å². The van der Waals surface area contributed by atoms with Crippen LogP contribution in [-0.2, 0) is 0 Å². The van der Waals surface area contributed by atoms with Crippen molar-refractivity contribution in [2.45, 2.75) is 71.0 Å². The zero-order valence-corrected chi connectivity index (χ0v) is 13.6. The van der Waals surface area contributed by atoms with Gasteiger partial charge in [-0.15, -0.1) is 0 Å². The molecule has 2 aliphatic rings. The second-order valence-corrected chi connectivity index (χ2v) is 7.66. The van der Waals surface area contributed by atoms with E-state index in [2.05, 4.69) is 20.8 Å². The number of fused-ring (bicyclic) bond motifs is 1. The highest BCUT2D eigenvalue weighted by Crippen LogP contribution is 2.50. The van der Waals surface area contributed by atoms with Crippen molar-refractivity contribution in [1.29, 1.82) is 0 Å². The minimum absolute atomic E-state index is 0.131. The monoisotopic (exact) mass is 288 g/mol. The number of aliphatic hydroxyl groups is 1. The Bertz CT molecular complexity index is 498. The topological polar surface area (TPSA) is 29.5 Å². The molecule has 1 heterocycles. The second-order valence-electron chi connectivity index (χ2n) is 7.66. The average Bonchev–Trinajstić information content (AvgIpc) is 2.48. The van der Waals surface area contributed by atoms with E-state index in [0.29, 0.717) is 5.41 Å². The van der Waals surface area contributed by atoms with Gasteiger partial charge in [0.05, 0.1) is 6.10 Å². The minimum Gasteiger partial charge on any atom is -0.487 e. The first-order valence-corrected chi connectivity index (χ1v) is 8.42. The molecule has 3 rings (SSSR count). The summed E-state index contributed by atoms with van der Waals surface area (Å²) in [6.07, 6.45) is 6.20. The number of hydrogen-bond acceptors (Lipinski definition) is 2. The number of rotatable bonds is 2. The number of para-hydroxylation sites is 1. The van der Waals surface area contributed by atoms with Crippen LogP contribution in [0.25, 0.3) is 0 Å². The number of aliphatic hydroxyl groups excluding tert-OH is 1. The van der Waals surface area contributed by atoms with E-state index in [9.17, 15) is 5.11 Å². The first kappa shape index (κ1) is 14.9. The fourth-order valence-electron chi connectivity index (χ4n) is 4.11. The SMILES string of the molecule is CCC(C)(C)C1CCC2(CC1)C[C@@H](O)c1ccccc1O2. The molecule has 1 aliphatic carbocycles. The minimum atomic E-state index is -0.370. The summed E-state index contributed by atoms with van der Waals surface area (Å²) in [5.41, 5.74) is 1.25. The summed E-state index contributed by atoms with van der Waals surface area (Å²) in [5, 5.41) is 10.5. The third-order valence-electron chi connectivity index (χ3n) is 6.08. The van der Waals surface area contributed by atoms with Gasteiger partial charge in [0, 0.05) is 12.0 Å². The Balaban J connectivity index is 1.75. The van der Waals surface area contributed by atoms with Gasteiger partial charge in [0.15, 0.2) is 0 Å². The summed E-state index contributed by atoms with van der Waals surface area (Å²) in [6, 6.07) is 7.96. The molecule has 1 aromatic rings. The predicted octanol–water partition coefficient (Wildman–Crippen LogP) is 4.87. The van der Waals surface area contributed by atoms with Crippen molar-refractivity contribution in [2.24, 2.45) is 11.3 Å². The quantitative estimate of drug-likeness (QED) is 0.841. The molecule has 1 aromatic carbocycles. The maximum Gasteiger partial charge on any atom is 0.125 e. The Morgan fingerprint density at radius 3 is 2.57 bits per heavy atom. The largest absolute Gasteiger partial charge is 0.487 e. The van der Waals surface area contributed by atoms with Crippen molar-refractivity contribution in [3.63, 3.8) is 0 Å². The predicted molar refractivity (Wildman–Crippen MR) is 85.4 cm³/mol. The van der Waals surface area contributed by atoms with Crippen LogP contribution in [0.2, 0.25) is 0 Å². The molecule has 1 fully saturated rings.